The standard InChI is InChI=1S/C27H28N4O/c1-30(2)25-16-17-31(19-25)24-14-12-23(13-15-24)27-29-28-26(32-27)18-20-8-10-22(11-9-20)21-6-4-3-5-7-21/h3-15,25H,16-19H2,1-2H3. The Morgan fingerprint density at radius 2 is 1.53 bits per heavy atom. The first-order chi connectivity index (χ1) is 15.7. The maximum Gasteiger partial charge on any atom is 0.247 e. The van der Waals surface area contributed by atoms with Crippen LogP contribution in [0.3, 0.4) is 0 Å². The largest absolute Gasteiger partial charge is 0.420 e. The number of hydrogen-bond donors (Lipinski definition) is 0. The summed E-state index contributed by atoms with van der Waals surface area (Å²) in [5.74, 6) is 1.20. The highest BCUT2D eigenvalue weighted by Gasteiger charge is 2.24. The summed E-state index contributed by atoms with van der Waals surface area (Å²) in [7, 11) is 4.31. The summed E-state index contributed by atoms with van der Waals surface area (Å²) >= 11 is 0. The van der Waals surface area contributed by atoms with E-state index in [0.717, 1.165) is 24.2 Å². The van der Waals surface area contributed by atoms with Crippen LogP contribution in [0.2, 0.25) is 0 Å². The van der Waals surface area contributed by atoms with Crippen LogP contribution in [-0.4, -0.2) is 48.3 Å². The van der Waals surface area contributed by atoms with Gasteiger partial charge in [0, 0.05) is 30.4 Å². The summed E-state index contributed by atoms with van der Waals surface area (Å²) in [5, 5.41) is 8.54. The van der Waals surface area contributed by atoms with Gasteiger partial charge in [-0.1, -0.05) is 54.6 Å². The van der Waals surface area contributed by atoms with Gasteiger partial charge < -0.3 is 14.2 Å². The third kappa shape index (κ3) is 4.43. The number of likely N-dealkylation sites (N-methyl/N-ethyl adjacent to an activating group) is 1. The van der Waals surface area contributed by atoms with Crippen LogP contribution in [0.1, 0.15) is 17.9 Å². The summed E-state index contributed by atoms with van der Waals surface area (Å²) < 4.78 is 5.96. The van der Waals surface area contributed by atoms with Crippen LogP contribution in [0.15, 0.2) is 83.3 Å². The first kappa shape index (κ1) is 20.5. The van der Waals surface area contributed by atoms with E-state index in [1.165, 1.54) is 23.2 Å². The van der Waals surface area contributed by atoms with Crippen LogP contribution in [0.4, 0.5) is 5.69 Å². The minimum atomic E-state index is 0.569. The van der Waals surface area contributed by atoms with Crippen molar-refractivity contribution in [3.8, 4) is 22.6 Å². The topological polar surface area (TPSA) is 45.4 Å². The van der Waals surface area contributed by atoms with Gasteiger partial charge in [0.1, 0.15) is 0 Å². The molecule has 1 aromatic heterocycles. The molecule has 5 heteroatoms. The highest BCUT2D eigenvalue weighted by Crippen LogP contribution is 2.26. The summed E-state index contributed by atoms with van der Waals surface area (Å²) in [6.07, 6.45) is 1.83. The molecule has 0 saturated carbocycles. The van der Waals surface area contributed by atoms with Crippen molar-refractivity contribution in [3.05, 3.63) is 90.3 Å². The van der Waals surface area contributed by atoms with Crippen LogP contribution in [0.25, 0.3) is 22.6 Å². The Balaban J connectivity index is 1.24. The minimum Gasteiger partial charge on any atom is -0.420 e. The molecule has 3 aromatic carbocycles. The summed E-state index contributed by atoms with van der Waals surface area (Å²) in [5.41, 5.74) is 5.77. The maximum atomic E-state index is 5.96. The molecule has 0 aliphatic carbocycles. The van der Waals surface area contributed by atoms with Gasteiger partial charge in [0.25, 0.3) is 0 Å². The van der Waals surface area contributed by atoms with Gasteiger partial charge >= 0.3 is 0 Å². The molecule has 0 radical (unpaired) electrons. The van der Waals surface area contributed by atoms with Crippen LogP contribution in [0, 0.1) is 0 Å². The molecule has 1 unspecified atom stereocenters. The Morgan fingerprint density at radius 3 is 2.22 bits per heavy atom. The first-order valence-electron chi connectivity index (χ1n) is 11.1. The lowest BCUT2D eigenvalue weighted by Crippen LogP contribution is -2.31. The Kier molecular flexibility index (Phi) is 5.73. The number of benzene rings is 3. The normalized spacial score (nSPS) is 16.1. The molecule has 0 amide bonds. The van der Waals surface area contributed by atoms with Gasteiger partial charge in [-0.25, -0.2) is 0 Å². The van der Waals surface area contributed by atoms with Gasteiger partial charge in [-0.2, -0.15) is 0 Å². The molecule has 32 heavy (non-hydrogen) atoms. The van der Waals surface area contributed by atoms with Crippen molar-refractivity contribution >= 4 is 5.69 Å². The second-order valence-corrected chi connectivity index (χ2v) is 8.64. The van der Waals surface area contributed by atoms with Crippen molar-refractivity contribution in [3.63, 3.8) is 0 Å². The molecule has 4 aromatic rings. The van der Waals surface area contributed by atoms with Crippen LogP contribution >= 0.6 is 0 Å². The first-order valence-corrected chi connectivity index (χ1v) is 11.1. The molecule has 2 heterocycles. The van der Waals surface area contributed by atoms with E-state index in [1.807, 2.05) is 6.07 Å². The van der Waals surface area contributed by atoms with Crippen LogP contribution in [-0.2, 0) is 6.42 Å². The van der Waals surface area contributed by atoms with Gasteiger partial charge in [-0.15, -0.1) is 10.2 Å². The van der Waals surface area contributed by atoms with Gasteiger partial charge in [-0.3, -0.25) is 0 Å². The van der Waals surface area contributed by atoms with E-state index < -0.39 is 0 Å². The van der Waals surface area contributed by atoms with Crippen molar-refractivity contribution < 1.29 is 4.42 Å². The molecule has 0 N–H and O–H groups in total. The number of hydrogen-bond acceptors (Lipinski definition) is 5. The highest BCUT2D eigenvalue weighted by atomic mass is 16.4. The zero-order chi connectivity index (χ0) is 21.9. The third-order valence-corrected chi connectivity index (χ3v) is 6.26. The second kappa shape index (κ2) is 8.97. The van der Waals surface area contributed by atoms with Crippen molar-refractivity contribution in [2.75, 3.05) is 32.1 Å². The molecule has 1 aliphatic rings. The minimum absolute atomic E-state index is 0.569. The molecular formula is C27H28N4O. The quantitative estimate of drug-likeness (QED) is 0.429. The zero-order valence-corrected chi connectivity index (χ0v) is 18.6. The van der Waals surface area contributed by atoms with E-state index in [1.54, 1.807) is 0 Å². The number of nitrogens with zero attached hydrogens (tertiary/aromatic N) is 4. The van der Waals surface area contributed by atoms with Crippen LogP contribution in [0.5, 0.6) is 0 Å². The predicted octanol–water partition coefficient (Wildman–Crippen LogP) is 5.13. The lowest BCUT2D eigenvalue weighted by molar-refractivity contribution is 0.315. The van der Waals surface area contributed by atoms with E-state index >= 15 is 0 Å². The van der Waals surface area contributed by atoms with Crippen LogP contribution < -0.4 is 4.90 Å². The number of aromatic nitrogens is 2. The van der Waals surface area contributed by atoms with Gasteiger partial charge in [0.15, 0.2) is 0 Å². The Hall–Kier alpha value is -3.44. The summed E-state index contributed by atoms with van der Waals surface area (Å²) in [4.78, 5) is 4.75. The number of anilines is 1. The fourth-order valence-corrected chi connectivity index (χ4v) is 4.27. The van der Waals surface area contributed by atoms with E-state index in [4.69, 9.17) is 4.42 Å². The lowest BCUT2D eigenvalue weighted by Gasteiger charge is -2.21. The summed E-state index contributed by atoms with van der Waals surface area (Å²) in [6.45, 7) is 2.16. The van der Waals surface area contributed by atoms with E-state index in [2.05, 4.69) is 107 Å². The van der Waals surface area contributed by atoms with Crippen molar-refractivity contribution in [1.82, 2.24) is 15.1 Å². The van der Waals surface area contributed by atoms with E-state index in [9.17, 15) is 0 Å². The van der Waals surface area contributed by atoms with Gasteiger partial charge in [0.05, 0.1) is 6.42 Å². The molecule has 1 fully saturated rings. The Bertz CT molecular complexity index is 1150. The average molecular weight is 425 g/mol. The highest BCUT2D eigenvalue weighted by molar-refractivity contribution is 5.63. The van der Waals surface area contributed by atoms with Crippen molar-refractivity contribution in [1.29, 1.82) is 0 Å². The van der Waals surface area contributed by atoms with E-state index in [-0.39, 0.29) is 0 Å². The van der Waals surface area contributed by atoms with Crippen molar-refractivity contribution in [2.45, 2.75) is 18.9 Å². The molecule has 1 aliphatic heterocycles. The third-order valence-electron chi connectivity index (χ3n) is 6.26. The fourth-order valence-electron chi connectivity index (χ4n) is 4.27. The molecular weight excluding hydrogens is 396 g/mol. The number of rotatable bonds is 6. The van der Waals surface area contributed by atoms with E-state index in [0.29, 0.717) is 24.2 Å². The lowest BCUT2D eigenvalue weighted by atomic mass is 10.0. The average Bonchev–Trinajstić information content (AvgIpc) is 3.51. The SMILES string of the molecule is CN(C)C1CCN(c2ccc(-c3nnc(Cc4ccc(-c5ccccc5)cc4)o3)cc2)C1. The van der Waals surface area contributed by atoms with Gasteiger partial charge in [0.2, 0.25) is 11.8 Å². The molecule has 1 atom stereocenters. The predicted molar refractivity (Wildman–Crippen MR) is 129 cm³/mol. The molecule has 0 bridgehead atoms. The zero-order valence-electron chi connectivity index (χ0n) is 18.6. The fraction of sp³-hybridized carbons (Fsp3) is 0.259. The van der Waals surface area contributed by atoms with Gasteiger partial charge in [-0.05, 0) is 61.5 Å². The molecule has 1 saturated heterocycles. The smallest absolute Gasteiger partial charge is 0.247 e. The molecule has 5 rings (SSSR count). The second-order valence-electron chi connectivity index (χ2n) is 8.64. The molecule has 162 valence electrons. The maximum absolute atomic E-state index is 5.96. The Labute approximate surface area is 189 Å². The molecule has 5 nitrogen and oxygen atoms in total. The summed E-state index contributed by atoms with van der Waals surface area (Å²) in [6, 6.07) is 28.0. The molecule has 0 spiro atoms. The van der Waals surface area contributed by atoms with Crippen molar-refractivity contribution in [2.24, 2.45) is 0 Å². The monoisotopic (exact) mass is 424 g/mol. The Morgan fingerprint density at radius 1 is 0.844 bits per heavy atom.